The van der Waals surface area contributed by atoms with Gasteiger partial charge in [0.1, 0.15) is 17.9 Å². The highest BCUT2D eigenvalue weighted by Crippen LogP contribution is 2.43. The highest BCUT2D eigenvalue weighted by atomic mass is 16.6. The van der Waals surface area contributed by atoms with Crippen LogP contribution in [0.3, 0.4) is 0 Å². The van der Waals surface area contributed by atoms with E-state index in [2.05, 4.69) is 20.9 Å². The van der Waals surface area contributed by atoms with Gasteiger partial charge in [-0.25, -0.2) is 9.78 Å². The zero-order valence-corrected chi connectivity index (χ0v) is 21.9. The molecule has 1 atom stereocenters. The third kappa shape index (κ3) is 4.49. The summed E-state index contributed by atoms with van der Waals surface area (Å²) in [6.45, 7) is 3.87. The van der Waals surface area contributed by atoms with Crippen molar-refractivity contribution in [2.24, 2.45) is 13.0 Å². The van der Waals surface area contributed by atoms with Crippen LogP contribution < -0.4 is 10.1 Å². The maximum Gasteiger partial charge on any atom is 0.411 e. The first kappa shape index (κ1) is 24.1. The first-order valence-corrected chi connectivity index (χ1v) is 13.2. The second-order valence-corrected chi connectivity index (χ2v) is 10.5. The van der Waals surface area contributed by atoms with Crippen molar-refractivity contribution in [3.8, 4) is 29.1 Å². The topological polar surface area (TPSA) is 94.1 Å². The van der Waals surface area contributed by atoms with Crippen molar-refractivity contribution in [3.63, 3.8) is 0 Å². The van der Waals surface area contributed by atoms with Crippen LogP contribution in [0.1, 0.15) is 56.3 Å². The van der Waals surface area contributed by atoms with Crippen LogP contribution in [0.4, 0.5) is 10.5 Å². The molecule has 2 aromatic carbocycles. The normalized spacial score (nSPS) is 16.1. The zero-order valence-electron chi connectivity index (χ0n) is 21.9. The molecule has 0 radical (unpaired) electrons. The molecule has 38 heavy (non-hydrogen) atoms. The summed E-state index contributed by atoms with van der Waals surface area (Å²) in [6, 6.07) is 16.8. The minimum atomic E-state index is -0.436. The summed E-state index contributed by atoms with van der Waals surface area (Å²) >= 11 is 0. The summed E-state index contributed by atoms with van der Waals surface area (Å²) in [4.78, 5) is 16.8. The Kier molecular flexibility index (Phi) is 6.07. The fraction of sp³-hybridized carbons (Fsp3) is 0.367. The molecule has 2 aromatic heterocycles. The number of hydrogen-bond acceptors (Lipinski definition) is 5. The number of nitrogens with zero attached hydrogens (tertiary/aromatic N) is 4. The molecule has 4 aromatic rings. The number of aromatic nitrogens is 3. The molecule has 2 saturated carbocycles. The number of carbonyl (C=O) groups excluding carboxylic acids is 1. The fourth-order valence-corrected chi connectivity index (χ4v) is 5.26. The smallest absolute Gasteiger partial charge is 0.411 e. The average Bonchev–Trinajstić information content (AvgIpc) is 3.60. The van der Waals surface area contributed by atoms with Gasteiger partial charge in [-0.3, -0.25) is 5.32 Å². The monoisotopic (exact) mass is 509 g/mol. The summed E-state index contributed by atoms with van der Waals surface area (Å²) < 4.78 is 15.8. The van der Waals surface area contributed by atoms with E-state index in [1.54, 1.807) is 0 Å². The highest BCUT2D eigenvalue weighted by molar-refractivity contribution is 5.96. The second kappa shape index (κ2) is 9.56. The molecule has 2 fully saturated rings. The van der Waals surface area contributed by atoms with E-state index < -0.39 is 6.09 Å². The number of hydrogen-bond donors (Lipinski definition) is 1. The van der Waals surface area contributed by atoms with Gasteiger partial charge in [-0.15, -0.1) is 0 Å². The number of ether oxygens (including phenoxy) is 2. The average molecular weight is 510 g/mol. The Morgan fingerprint density at radius 2 is 1.92 bits per heavy atom. The van der Waals surface area contributed by atoms with Crippen LogP contribution in [0.25, 0.3) is 22.2 Å². The number of imidazole rings is 1. The minimum absolute atomic E-state index is 0.0686. The lowest BCUT2D eigenvalue weighted by molar-refractivity contribution is 0.108. The number of amides is 1. The molecule has 0 bridgehead atoms. The summed E-state index contributed by atoms with van der Waals surface area (Å²) in [5, 5.41) is 14.0. The van der Waals surface area contributed by atoms with Crippen molar-refractivity contribution in [1.82, 2.24) is 14.1 Å². The van der Waals surface area contributed by atoms with E-state index in [1.165, 1.54) is 6.42 Å². The van der Waals surface area contributed by atoms with Gasteiger partial charge >= 0.3 is 12.1 Å². The van der Waals surface area contributed by atoms with Crippen LogP contribution in [-0.4, -0.2) is 26.3 Å². The fourth-order valence-electron chi connectivity index (χ4n) is 5.26. The van der Waals surface area contributed by atoms with Crippen LogP contribution in [0, 0.1) is 24.2 Å². The van der Waals surface area contributed by atoms with Gasteiger partial charge in [-0.1, -0.05) is 12.1 Å². The van der Waals surface area contributed by atoms with Gasteiger partial charge < -0.3 is 18.6 Å². The predicted molar refractivity (Wildman–Crippen MR) is 145 cm³/mol. The third-order valence-electron chi connectivity index (χ3n) is 7.67. The molecule has 2 aliphatic rings. The molecular formula is C30H31N5O3. The molecule has 0 spiro atoms. The number of benzene rings is 2. The lowest BCUT2D eigenvalue weighted by Crippen LogP contribution is -2.21. The van der Waals surface area contributed by atoms with Crippen molar-refractivity contribution in [1.29, 1.82) is 5.26 Å². The summed E-state index contributed by atoms with van der Waals surface area (Å²) in [7, 11) is 1.91. The van der Waals surface area contributed by atoms with E-state index in [9.17, 15) is 10.1 Å². The van der Waals surface area contributed by atoms with Crippen molar-refractivity contribution in [2.45, 2.75) is 58.1 Å². The highest BCUT2D eigenvalue weighted by Gasteiger charge is 2.31. The van der Waals surface area contributed by atoms with Crippen molar-refractivity contribution in [3.05, 3.63) is 59.9 Å². The van der Waals surface area contributed by atoms with Crippen LogP contribution in [0.2, 0.25) is 0 Å². The Morgan fingerprint density at radius 1 is 1.16 bits per heavy atom. The molecule has 8 nitrogen and oxygen atoms in total. The molecule has 2 aliphatic carbocycles. The van der Waals surface area contributed by atoms with Gasteiger partial charge in [0, 0.05) is 36.4 Å². The van der Waals surface area contributed by atoms with E-state index in [0.29, 0.717) is 35.0 Å². The molecule has 2 heterocycles. The van der Waals surface area contributed by atoms with Crippen molar-refractivity contribution in [2.75, 3.05) is 5.32 Å². The summed E-state index contributed by atoms with van der Waals surface area (Å²) in [5.74, 6) is 1.17. The number of fused-ring (bicyclic) bond motifs is 1. The van der Waals surface area contributed by atoms with Gasteiger partial charge in [0.15, 0.2) is 0 Å². The lowest BCUT2D eigenvalue weighted by Gasteiger charge is -2.30. The van der Waals surface area contributed by atoms with E-state index in [4.69, 9.17) is 9.47 Å². The summed E-state index contributed by atoms with van der Waals surface area (Å²) in [6.07, 6.45) is 6.95. The number of anilines is 1. The lowest BCUT2D eigenvalue weighted by atomic mass is 9.92. The SMILES string of the molecule is Cc1cn(C)c(Oc2ccc3c(C#N)c(-c4ccc(NC(=O)OC(C)C5CC5)cc4)n(C4CCC4)c3c2)n1. The van der Waals surface area contributed by atoms with Crippen molar-refractivity contribution < 1.29 is 14.3 Å². The first-order chi connectivity index (χ1) is 18.4. The quantitative estimate of drug-likeness (QED) is 0.287. The standard InChI is InChI=1S/C30H31N5O3/c1-18-17-34(3)29(32-18)38-24-13-14-25-26(16-31)28(35(27(25)15-24)23-5-4-6-23)21-9-11-22(12-10-21)33-30(36)37-19(2)20-7-8-20/h9-15,17,19-20,23H,4-8H2,1-3H3,(H,33,36). The third-order valence-corrected chi connectivity index (χ3v) is 7.67. The molecule has 1 amide bonds. The minimum Gasteiger partial charge on any atom is -0.446 e. The number of aryl methyl sites for hydroxylation is 2. The van der Waals surface area contributed by atoms with E-state index >= 15 is 0 Å². The maximum atomic E-state index is 12.3. The Morgan fingerprint density at radius 3 is 2.53 bits per heavy atom. The van der Waals surface area contributed by atoms with Crippen molar-refractivity contribution >= 4 is 22.7 Å². The molecule has 0 saturated heterocycles. The number of carbonyl (C=O) groups is 1. The number of rotatable bonds is 7. The van der Waals surface area contributed by atoms with Crippen LogP contribution in [-0.2, 0) is 11.8 Å². The Labute approximate surface area is 221 Å². The largest absolute Gasteiger partial charge is 0.446 e. The van der Waals surface area contributed by atoms with Crippen LogP contribution in [0.5, 0.6) is 11.8 Å². The van der Waals surface area contributed by atoms with Gasteiger partial charge in [0.25, 0.3) is 0 Å². The molecule has 8 heteroatoms. The molecule has 1 unspecified atom stereocenters. The zero-order chi connectivity index (χ0) is 26.4. The van der Waals surface area contributed by atoms with Crippen LogP contribution in [0.15, 0.2) is 48.7 Å². The van der Waals surface area contributed by atoms with E-state index in [0.717, 1.165) is 53.5 Å². The second-order valence-electron chi connectivity index (χ2n) is 10.5. The molecule has 0 aliphatic heterocycles. The van der Waals surface area contributed by atoms with Gasteiger partial charge in [0.2, 0.25) is 0 Å². The molecule has 6 rings (SSSR count). The Bertz CT molecular complexity index is 1550. The molecule has 194 valence electrons. The molecule has 1 N–H and O–H groups in total. The van der Waals surface area contributed by atoms with E-state index in [1.807, 2.05) is 74.1 Å². The number of nitrogens with one attached hydrogen (secondary N) is 1. The van der Waals surface area contributed by atoms with E-state index in [-0.39, 0.29) is 6.10 Å². The Hall–Kier alpha value is -4.25. The molecular weight excluding hydrogens is 478 g/mol. The maximum absolute atomic E-state index is 12.3. The van der Waals surface area contributed by atoms with Gasteiger partial charge in [-0.05, 0) is 81.7 Å². The number of nitriles is 1. The van der Waals surface area contributed by atoms with Gasteiger partial charge in [0.05, 0.1) is 22.5 Å². The predicted octanol–water partition coefficient (Wildman–Crippen LogP) is 7.09. The van der Waals surface area contributed by atoms with Gasteiger partial charge in [-0.2, -0.15) is 5.26 Å². The Balaban J connectivity index is 1.34. The summed E-state index contributed by atoms with van der Waals surface area (Å²) in [5.41, 5.74) is 4.99. The van der Waals surface area contributed by atoms with Crippen LogP contribution >= 0.6 is 0 Å². The first-order valence-electron chi connectivity index (χ1n) is 13.2.